The second-order valence-corrected chi connectivity index (χ2v) is 12.1. The number of carbonyl (C=O) groups is 4. The van der Waals surface area contributed by atoms with E-state index in [2.05, 4.69) is 0 Å². The van der Waals surface area contributed by atoms with Crippen LogP contribution in [-0.4, -0.2) is 89.6 Å². The standard InChI is InChI=1S/C36H35F4N3O6/c1-41(20-32(44)45)33(46)31(18-22-13-15-23(16-14-22)36(38,39)40)43-17-7-8-24(37)19-30(34(43)47)42(2)35(48)49-21-29-27-11-5-3-9-25(27)26-10-4-6-12-28(26)29/h3-6,8-16,29-31H,7,17-21H2,1-2H3,(H,44,45)/b24-8+/t30-,31-/m0/s1. The molecule has 0 saturated carbocycles. The number of likely N-dealkylation sites (N-methyl/N-ethyl adjacent to an activating group) is 2. The summed E-state index contributed by atoms with van der Waals surface area (Å²) in [6.07, 6.45) is -5.04. The topological polar surface area (TPSA) is 107 Å². The molecule has 3 aromatic rings. The number of carboxylic acid groups (broad SMARTS) is 1. The third-order valence-corrected chi connectivity index (χ3v) is 8.90. The first-order valence-corrected chi connectivity index (χ1v) is 15.6. The van der Waals surface area contributed by atoms with Crippen molar-refractivity contribution in [3.63, 3.8) is 0 Å². The maximum Gasteiger partial charge on any atom is 0.416 e. The molecule has 0 bridgehead atoms. The van der Waals surface area contributed by atoms with Gasteiger partial charge in [0.15, 0.2) is 0 Å². The van der Waals surface area contributed by atoms with Gasteiger partial charge >= 0.3 is 18.2 Å². The number of amides is 3. The third-order valence-electron chi connectivity index (χ3n) is 8.90. The molecule has 3 amide bonds. The minimum absolute atomic E-state index is 0.00160. The van der Waals surface area contributed by atoms with Gasteiger partial charge in [-0.2, -0.15) is 13.2 Å². The molecule has 9 nitrogen and oxygen atoms in total. The van der Waals surface area contributed by atoms with E-state index in [-0.39, 0.29) is 37.5 Å². The lowest BCUT2D eigenvalue weighted by atomic mass is 9.98. The highest BCUT2D eigenvalue weighted by atomic mass is 19.4. The molecular formula is C36H35F4N3O6. The highest BCUT2D eigenvalue weighted by molar-refractivity contribution is 5.93. The van der Waals surface area contributed by atoms with E-state index in [9.17, 15) is 41.8 Å². The van der Waals surface area contributed by atoms with Gasteiger partial charge in [0.1, 0.15) is 25.2 Å². The zero-order valence-electron chi connectivity index (χ0n) is 26.8. The number of aliphatic carboxylic acids is 1. The molecule has 2 aliphatic rings. The van der Waals surface area contributed by atoms with Gasteiger partial charge < -0.3 is 19.6 Å². The van der Waals surface area contributed by atoms with Crippen molar-refractivity contribution >= 4 is 23.9 Å². The Morgan fingerprint density at radius 2 is 1.55 bits per heavy atom. The van der Waals surface area contributed by atoms with Crippen molar-refractivity contribution in [2.24, 2.45) is 0 Å². The minimum Gasteiger partial charge on any atom is -0.480 e. The lowest BCUT2D eigenvalue weighted by Crippen LogP contribution is -2.58. The lowest BCUT2D eigenvalue weighted by Gasteiger charge is -2.38. The Kier molecular flexibility index (Phi) is 10.4. The first-order chi connectivity index (χ1) is 23.3. The maximum absolute atomic E-state index is 15.0. The Bertz CT molecular complexity index is 1710. The molecule has 1 aliphatic carbocycles. The molecule has 1 N–H and O–H groups in total. The number of ether oxygens (including phenoxy) is 1. The fraction of sp³-hybridized carbons (Fsp3) is 0.333. The van der Waals surface area contributed by atoms with Gasteiger partial charge in [-0.15, -0.1) is 0 Å². The van der Waals surface area contributed by atoms with Crippen LogP contribution in [0.4, 0.5) is 22.4 Å². The maximum atomic E-state index is 15.0. The number of nitrogens with zero attached hydrogens (tertiary/aromatic N) is 3. The van der Waals surface area contributed by atoms with Crippen LogP contribution in [0.5, 0.6) is 0 Å². The van der Waals surface area contributed by atoms with E-state index in [0.717, 1.165) is 49.1 Å². The van der Waals surface area contributed by atoms with E-state index in [4.69, 9.17) is 4.74 Å². The van der Waals surface area contributed by atoms with Crippen molar-refractivity contribution in [1.82, 2.24) is 14.7 Å². The summed E-state index contributed by atoms with van der Waals surface area (Å²) < 4.78 is 60.3. The lowest BCUT2D eigenvalue weighted by molar-refractivity contribution is -0.150. The fourth-order valence-electron chi connectivity index (χ4n) is 6.37. The first-order valence-electron chi connectivity index (χ1n) is 15.6. The van der Waals surface area contributed by atoms with Crippen LogP contribution in [0, 0.1) is 0 Å². The van der Waals surface area contributed by atoms with Gasteiger partial charge in [0.05, 0.1) is 11.4 Å². The second kappa shape index (κ2) is 14.5. The molecule has 1 heterocycles. The number of alkyl halides is 3. The third kappa shape index (κ3) is 7.76. The normalized spacial score (nSPS) is 17.9. The molecule has 0 saturated heterocycles. The van der Waals surface area contributed by atoms with E-state index >= 15 is 0 Å². The predicted molar refractivity (Wildman–Crippen MR) is 171 cm³/mol. The van der Waals surface area contributed by atoms with Gasteiger partial charge in [-0.3, -0.25) is 19.3 Å². The van der Waals surface area contributed by atoms with Crippen molar-refractivity contribution in [1.29, 1.82) is 0 Å². The van der Waals surface area contributed by atoms with Crippen LogP contribution in [0.3, 0.4) is 0 Å². The van der Waals surface area contributed by atoms with Gasteiger partial charge in [-0.05, 0) is 46.4 Å². The van der Waals surface area contributed by atoms with Gasteiger partial charge in [-0.25, -0.2) is 9.18 Å². The molecule has 49 heavy (non-hydrogen) atoms. The van der Waals surface area contributed by atoms with Crippen molar-refractivity contribution in [2.45, 2.75) is 43.4 Å². The van der Waals surface area contributed by atoms with E-state index in [1.807, 2.05) is 48.5 Å². The van der Waals surface area contributed by atoms with Crippen LogP contribution in [0.2, 0.25) is 0 Å². The van der Waals surface area contributed by atoms with Crippen molar-refractivity contribution < 1.29 is 46.6 Å². The molecule has 2 atom stereocenters. The Morgan fingerprint density at radius 1 is 0.959 bits per heavy atom. The molecular weight excluding hydrogens is 646 g/mol. The quantitative estimate of drug-likeness (QED) is 0.283. The van der Waals surface area contributed by atoms with Crippen LogP contribution in [0.15, 0.2) is 84.7 Å². The van der Waals surface area contributed by atoms with Crippen LogP contribution in [-0.2, 0) is 31.7 Å². The van der Waals surface area contributed by atoms with Gasteiger partial charge in [0.25, 0.3) is 0 Å². The number of benzene rings is 3. The first kappa shape index (κ1) is 35.1. The summed E-state index contributed by atoms with van der Waals surface area (Å²) in [5.74, 6) is -3.83. The zero-order valence-corrected chi connectivity index (χ0v) is 26.8. The van der Waals surface area contributed by atoms with Crippen LogP contribution in [0.25, 0.3) is 11.1 Å². The number of hydrogen-bond donors (Lipinski definition) is 1. The minimum atomic E-state index is -4.60. The number of halogens is 4. The molecule has 0 aromatic heterocycles. The number of fused-ring (bicyclic) bond motifs is 3. The Morgan fingerprint density at radius 3 is 2.12 bits per heavy atom. The molecule has 0 fully saturated rings. The number of hydrogen-bond acceptors (Lipinski definition) is 5. The Balaban J connectivity index is 1.39. The highest BCUT2D eigenvalue weighted by Gasteiger charge is 2.40. The summed E-state index contributed by atoms with van der Waals surface area (Å²) in [4.78, 5) is 55.8. The highest BCUT2D eigenvalue weighted by Crippen LogP contribution is 2.44. The molecule has 0 spiro atoms. The summed E-state index contributed by atoms with van der Waals surface area (Å²) >= 11 is 0. The average Bonchev–Trinajstić information content (AvgIpc) is 3.38. The largest absolute Gasteiger partial charge is 0.480 e. The second-order valence-electron chi connectivity index (χ2n) is 12.1. The average molecular weight is 682 g/mol. The van der Waals surface area contributed by atoms with Crippen molar-refractivity contribution in [3.05, 3.63) is 107 Å². The molecule has 0 unspecified atom stereocenters. The predicted octanol–water partition coefficient (Wildman–Crippen LogP) is 5.88. The van der Waals surface area contributed by atoms with Crippen LogP contribution < -0.4 is 0 Å². The van der Waals surface area contributed by atoms with Crippen LogP contribution >= 0.6 is 0 Å². The number of carboxylic acids is 1. The monoisotopic (exact) mass is 681 g/mol. The van der Waals surface area contributed by atoms with Crippen molar-refractivity contribution in [3.8, 4) is 11.1 Å². The summed E-state index contributed by atoms with van der Waals surface area (Å²) in [7, 11) is 2.52. The SMILES string of the molecule is CN(CC(=O)O)C(=O)[C@H](Cc1ccc(C(F)(F)F)cc1)N1CC/C=C(/F)C[C@H](N(C)C(=O)OCC2c3ccccc3-c3ccccc32)C1=O. The molecule has 5 rings (SSSR count). The molecule has 1 aliphatic heterocycles. The number of rotatable bonds is 9. The fourth-order valence-corrected chi connectivity index (χ4v) is 6.37. The van der Waals surface area contributed by atoms with Crippen LogP contribution in [0.1, 0.15) is 41.0 Å². The summed E-state index contributed by atoms with van der Waals surface area (Å²) in [6.45, 7) is -0.948. The molecule has 3 aromatic carbocycles. The van der Waals surface area contributed by atoms with E-state index < -0.39 is 66.5 Å². The smallest absolute Gasteiger partial charge is 0.416 e. The Hall–Kier alpha value is -5.20. The van der Waals surface area contributed by atoms with Gasteiger partial charge in [0, 0.05) is 39.4 Å². The Labute approximate surface area is 280 Å². The van der Waals surface area contributed by atoms with Gasteiger partial charge in [0.2, 0.25) is 11.8 Å². The van der Waals surface area contributed by atoms with Crippen molar-refractivity contribution in [2.75, 3.05) is 33.8 Å². The van der Waals surface area contributed by atoms with Gasteiger partial charge in [-0.1, -0.05) is 66.7 Å². The van der Waals surface area contributed by atoms with E-state index in [1.54, 1.807) is 0 Å². The molecule has 13 heteroatoms. The van der Waals surface area contributed by atoms with E-state index in [1.165, 1.54) is 32.3 Å². The summed E-state index contributed by atoms with van der Waals surface area (Å²) in [6, 6.07) is 16.7. The number of carbonyl (C=O) groups excluding carboxylic acids is 3. The molecule has 0 radical (unpaired) electrons. The summed E-state index contributed by atoms with van der Waals surface area (Å²) in [5, 5.41) is 9.31. The summed E-state index contributed by atoms with van der Waals surface area (Å²) in [5.41, 5.74) is 3.33. The van der Waals surface area contributed by atoms with E-state index in [0.29, 0.717) is 0 Å². The zero-order chi connectivity index (χ0) is 35.5. The molecule has 258 valence electrons.